The summed E-state index contributed by atoms with van der Waals surface area (Å²) in [6, 6.07) is 11.4. The molecule has 0 aliphatic heterocycles. The second-order valence-electron chi connectivity index (χ2n) is 6.20. The quantitative estimate of drug-likeness (QED) is 0.297. The minimum Gasteiger partial charge on any atom is -0.488 e. The van der Waals surface area contributed by atoms with Crippen molar-refractivity contribution in [3.63, 3.8) is 0 Å². The number of aromatic nitrogens is 4. The number of ether oxygens (including phenoxy) is 1. The molecule has 6 nitrogen and oxygen atoms in total. The van der Waals surface area contributed by atoms with Crippen LogP contribution in [-0.2, 0) is 20.2 Å². The summed E-state index contributed by atoms with van der Waals surface area (Å²) in [6.45, 7) is 1.89. The van der Waals surface area contributed by atoms with E-state index < -0.39 is 0 Å². The Bertz CT molecular complexity index is 936. The zero-order valence-corrected chi connectivity index (χ0v) is 19.7. The van der Waals surface area contributed by atoms with Gasteiger partial charge in [0.25, 0.3) is 0 Å². The lowest BCUT2D eigenvalue weighted by Gasteiger charge is -2.14. The largest absolute Gasteiger partial charge is 0.488 e. The topological polar surface area (TPSA) is 64.9 Å². The van der Waals surface area contributed by atoms with Crippen molar-refractivity contribution in [3.05, 3.63) is 62.0 Å². The summed E-state index contributed by atoms with van der Waals surface area (Å²) in [7, 11) is 1.84. The molecule has 0 fully saturated rings. The molecule has 2 aromatic carbocycles. The molecule has 1 aromatic heterocycles. The average Bonchev–Trinajstić information content (AvgIpc) is 3.10. The highest BCUT2D eigenvalue weighted by molar-refractivity contribution is 9.10. The van der Waals surface area contributed by atoms with E-state index in [2.05, 4.69) is 42.8 Å². The third kappa shape index (κ3) is 6.58. The third-order valence-electron chi connectivity index (χ3n) is 4.08. The number of hydrogen-bond acceptors (Lipinski definition) is 6. The molecule has 1 N–H and O–H groups in total. The van der Waals surface area contributed by atoms with Crippen molar-refractivity contribution in [2.24, 2.45) is 7.05 Å². The maximum atomic E-state index is 6.24. The smallest absolute Gasteiger partial charge is 0.209 e. The van der Waals surface area contributed by atoms with Crippen LogP contribution in [0.2, 0.25) is 10.0 Å². The predicted molar refractivity (Wildman–Crippen MR) is 121 cm³/mol. The predicted octanol–water partition coefficient (Wildman–Crippen LogP) is 5.13. The fourth-order valence-electron chi connectivity index (χ4n) is 2.57. The van der Waals surface area contributed by atoms with Gasteiger partial charge in [-0.1, -0.05) is 57.0 Å². The minimum atomic E-state index is 0.315. The molecule has 29 heavy (non-hydrogen) atoms. The minimum absolute atomic E-state index is 0.315. The standard InChI is InChI=1S/C19H20BrCl2N5OS/c1-27-19(24-25-26-27)29-9-3-8-23-11-13-10-14(20)6-7-18(13)28-12-15-16(21)4-2-5-17(15)22/h2,4-7,10,23H,3,8-9,11-12H2,1H3. The van der Waals surface area contributed by atoms with Crippen LogP contribution in [-0.4, -0.2) is 32.5 Å². The highest BCUT2D eigenvalue weighted by Crippen LogP contribution is 2.28. The molecule has 0 aliphatic rings. The molecule has 0 bridgehead atoms. The van der Waals surface area contributed by atoms with E-state index in [1.54, 1.807) is 16.4 Å². The molecule has 3 aromatic rings. The Kier molecular flexibility index (Phi) is 8.62. The van der Waals surface area contributed by atoms with E-state index in [9.17, 15) is 0 Å². The molecular weight excluding hydrogens is 497 g/mol. The summed E-state index contributed by atoms with van der Waals surface area (Å²) in [5.41, 5.74) is 1.85. The van der Waals surface area contributed by atoms with E-state index in [1.165, 1.54) is 0 Å². The normalized spacial score (nSPS) is 11.0. The molecule has 1 heterocycles. The summed E-state index contributed by atoms with van der Waals surface area (Å²) in [5, 5.41) is 16.9. The van der Waals surface area contributed by atoms with Crippen LogP contribution in [0.3, 0.4) is 0 Å². The molecule has 10 heteroatoms. The number of aryl methyl sites for hydroxylation is 1. The first-order valence-corrected chi connectivity index (χ1v) is 11.5. The van der Waals surface area contributed by atoms with Gasteiger partial charge in [0.15, 0.2) is 0 Å². The fourth-order valence-corrected chi connectivity index (χ4v) is 4.28. The van der Waals surface area contributed by atoms with Gasteiger partial charge < -0.3 is 10.1 Å². The van der Waals surface area contributed by atoms with E-state index in [-0.39, 0.29) is 0 Å². The molecule has 0 saturated carbocycles. The number of thioether (sulfide) groups is 1. The van der Waals surface area contributed by atoms with E-state index in [0.29, 0.717) is 23.2 Å². The highest BCUT2D eigenvalue weighted by Gasteiger charge is 2.10. The van der Waals surface area contributed by atoms with Gasteiger partial charge >= 0.3 is 0 Å². The SMILES string of the molecule is Cn1nnnc1SCCCNCc1cc(Br)ccc1OCc1c(Cl)cccc1Cl. The molecule has 0 atom stereocenters. The lowest BCUT2D eigenvalue weighted by atomic mass is 10.2. The Morgan fingerprint density at radius 1 is 1.21 bits per heavy atom. The van der Waals surface area contributed by atoms with E-state index >= 15 is 0 Å². The van der Waals surface area contributed by atoms with E-state index in [0.717, 1.165) is 45.2 Å². The fraction of sp³-hybridized carbons (Fsp3) is 0.316. The van der Waals surface area contributed by atoms with Crippen molar-refractivity contribution >= 4 is 50.9 Å². The summed E-state index contributed by atoms with van der Waals surface area (Å²) in [4.78, 5) is 0. The van der Waals surface area contributed by atoms with Gasteiger partial charge in [-0.05, 0) is 53.7 Å². The van der Waals surface area contributed by atoms with Crippen molar-refractivity contribution < 1.29 is 4.74 Å². The number of nitrogens with one attached hydrogen (secondary N) is 1. The number of benzene rings is 2. The molecule has 0 unspecified atom stereocenters. The van der Waals surface area contributed by atoms with Gasteiger partial charge in [0.05, 0.1) is 0 Å². The number of hydrogen-bond donors (Lipinski definition) is 1. The van der Waals surface area contributed by atoms with Gasteiger partial charge in [0, 0.05) is 45.0 Å². The van der Waals surface area contributed by atoms with Gasteiger partial charge in [-0.3, -0.25) is 0 Å². The van der Waals surface area contributed by atoms with Crippen molar-refractivity contribution in [1.82, 2.24) is 25.5 Å². The van der Waals surface area contributed by atoms with Crippen LogP contribution < -0.4 is 10.1 Å². The van der Waals surface area contributed by atoms with Crippen LogP contribution in [0.1, 0.15) is 17.5 Å². The van der Waals surface area contributed by atoms with Gasteiger partial charge in [0.2, 0.25) is 5.16 Å². The first-order chi connectivity index (χ1) is 14.0. The van der Waals surface area contributed by atoms with Gasteiger partial charge in [-0.25, -0.2) is 4.68 Å². The average molecular weight is 517 g/mol. The summed E-state index contributed by atoms with van der Waals surface area (Å²) >= 11 is 17.7. The Morgan fingerprint density at radius 3 is 2.72 bits per heavy atom. The van der Waals surface area contributed by atoms with Gasteiger partial charge in [0.1, 0.15) is 12.4 Å². The van der Waals surface area contributed by atoms with Crippen LogP contribution in [0.15, 0.2) is 46.0 Å². The molecule has 154 valence electrons. The Morgan fingerprint density at radius 2 is 2.00 bits per heavy atom. The number of tetrazole rings is 1. The van der Waals surface area contributed by atoms with Crippen LogP contribution in [0.5, 0.6) is 5.75 Å². The van der Waals surface area contributed by atoms with E-state index in [1.807, 2.05) is 37.4 Å². The second-order valence-corrected chi connectivity index (χ2v) is 9.00. The van der Waals surface area contributed by atoms with Crippen molar-refractivity contribution in [2.75, 3.05) is 12.3 Å². The molecular formula is C19H20BrCl2N5OS. The highest BCUT2D eigenvalue weighted by atomic mass is 79.9. The Balaban J connectivity index is 1.50. The van der Waals surface area contributed by atoms with Crippen LogP contribution in [0.25, 0.3) is 0 Å². The first-order valence-electron chi connectivity index (χ1n) is 8.94. The third-order valence-corrected chi connectivity index (χ3v) is 6.38. The molecule has 0 radical (unpaired) electrons. The monoisotopic (exact) mass is 515 g/mol. The maximum absolute atomic E-state index is 6.24. The molecule has 0 saturated heterocycles. The lowest BCUT2D eigenvalue weighted by molar-refractivity contribution is 0.302. The summed E-state index contributed by atoms with van der Waals surface area (Å²) < 4.78 is 8.70. The number of halogens is 3. The number of nitrogens with zero attached hydrogens (tertiary/aromatic N) is 4. The first kappa shape index (κ1) is 22.4. The summed E-state index contributed by atoms with van der Waals surface area (Å²) in [5.74, 6) is 1.74. The van der Waals surface area contributed by atoms with Crippen LogP contribution in [0, 0.1) is 0 Å². The molecule has 0 aliphatic carbocycles. The zero-order valence-electron chi connectivity index (χ0n) is 15.7. The molecule has 0 spiro atoms. The number of rotatable bonds is 10. The van der Waals surface area contributed by atoms with Gasteiger partial charge in [-0.15, -0.1) is 5.10 Å². The Labute approximate surface area is 192 Å². The molecule has 0 amide bonds. The van der Waals surface area contributed by atoms with E-state index in [4.69, 9.17) is 27.9 Å². The van der Waals surface area contributed by atoms with Crippen LogP contribution >= 0.6 is 50.9 Å². The van der Waals surface area contributed by atoms with Crippen molar-refractivity contribution in [1.29, 1.82) is 0 Å². The maximum Gasteiger partial charge on any atom is 0.209 e. The van der Waals surface area contributed by atoms with Crippen molar-refractivity contribution in [3.8, 4) is 5.75 Å². The summed E-state index contributed by atoms with van der Waals surface area (Å²) in [6.07, 6.45) is 0.997. The lowest BCUT2D eigenvalue weighted by Crippen LogP contribution is -2.16. The van der Waals surface area contributed by atoms with Crippen molar-refractivity contribution in [2.45, 2.75) is 24.7 Å². The zero-order chi connectivity index (χ0) is 20.6. The van der Waals surface area contributed by atoms with Crippen LogP contribution in [0.4, 0.5) is 0 Å². The molecule has 3 rings (SSSR count). The Hall–Kier alpha value is -1.32. The van der Waals surface area contributed by atoms with Gasteiger partial charge in [-0.2, -0.15) is 0 Å². The second kappa shape index (κ2) is 11.2.